The first-order valence-corrected chi connectivity index (χ1v) is 6.73. The summed E-state index contributed by atoms with van der Waals surface area (Å²) in [6, 6.07) is 5.07. The van der Waals surface area contributed by atoms with E-state index >= 15 is 0 Å². The van der Waals surface area contributed by atoms with Crippen LogP contribution in [0, 0.1) is 0 Å². The van der Waals surface area contributed by atoms with E-state index in [0.29, 0.717) is 43.4 Å². The normalized spacial score (nSPS) is 24.5. The zero-order valence-electron chi connectivity index (χ0n) is 11.3. The van der Waals surface area contributed by atoms with Crippen molar-refractivity contribution in [3.05, 3.63) is 23.8 Å². The number of β-amino-alcohol motifs (C(OH)–C–C–N with tert-alkyl or cyclic N) is 1. The van der Waals surface area contributed by atoms with Gasteiger partial charge in [0, 0.05) is 20.1 Å². The molecule has 0 spiro atoms. The third kappa shape index (κ3) is 2.21. The first-order chi connectivity index (χ1) is 9.68. The third-order valence-electron chi connectivity index (χ3n) is 3.77. The Morgan fingerprint density at radius 3 is 2.90 bits per heavy atom. The Labute approximate surface area is 117 Å². The minimum Gasteiger partial charge on any atom is -0.486 e. The van der Waals surface area contributed by atoms with E-state index in [1.807, 2.05) is 0 Å². The molecule has 2 heterocycles. The second kappa shape index (κ2) is 5.30. The van der Waals surface area contributed by atoms with Gasteiger partial charge in [-0.2, -0.15) is 0 Å². The van der Waals surface area contributed by atoms with Crippen LogP contribution >= 0.6 is 0 Å². The average Bonchev–Trinajstić information content (AvgIpc) is 2.91. The Kier molecular flexibility index (Phi) is 3.50. The molecule has 0 radical (unpaired) electrons. The van der Waals surface area contributed by atoms with Gasteiger partial charge in [-0.05, 0) is 12.1 Å². The Morgan fingerprint density at radius 1 is 1.35 bits per heavy atom. The Hall–Kier alpha value is -1.79. The molecule has 1 fully saturated rings. The fraction of sp³-hybridized carbons (Fsp3) is 0.500. The molecule has 1 amide bonds. The van der Waals surface area contributed by atoms with Crippen molar-refractivity contribution in [1.29, 1.82) is 0 Å². The number of ether oxygens (including phenoxy) is 2. The van der Waals surface area contributed by atoms with Crippen molar-refractivity contribution in [1.82, 2.24) is 10.2 Å². The number of hydrogen-bond acceptors (Lipinski definition) is 5. The van der Waals surface area contributed by atoms with Crippen LogP contribution in [0.1, 0.15) is 10.4 Å². The summed E-state index contributed by atoms with van der Waals surface area (Å²) in [5.74, 6) is 0.928. The smallest absolute Gasteiger partial charge is 0.257 e. The van der Waals surface area contributed by atoms with Gasteiger partial charge in [0.1, 0.15) is 13.2 Å². The van der Waals surface area contributed by atoms with Crippen molar-refractivity contribution in [2.75, 3.05) is 33.4 Å². The van der Waals surface area contributed by atoms with Gasteiger partial charge in [0.2, 0.25) is 0 Å². The van der Waals surface area contributed by atoms with Gasteiger partial charge in [-0.25, -0.2) is 0 Å². The van der Waals surface area contributed by atoms with Crippen molar-refractivity contribution in [3.8, 4) is 11.5 Å². The Balaban J connectivity index is 1.87. The van der Waals surface area contributed by atoms with Crippen LogP contribution in [0.25, 0.3) is 0 Å². The van der Waals surface area contributed by atoms with Crippen molar-refractivity contribution >= 4 is 5.91 Å². The van der Waals surface area contributed by atoms with Crippen molar-refractivity contribution in [2.45, 2.75) is 12.1 Å². The van der Waals surface area contributed by atoms with Crippen molar-refractivity contribution in [3.63, 3.8) is 0 Å². The van der Waals surface area contributed by atoms with Gasteiger partial charge < -0.3 is 24.8 Å². The molecule has 20 heavy (non-hydrogen) atoms. The quantitative estimate of drug-likeness (QED) is 0.788. The van der Waals surface area contributed by atoms with Gasteiger partial charge in [-0.15, -0.1) is 0 Å². The number of nitrogens with zero attached hydrogens (tertiary/aromatic N) is 1. The molecule has 1 aromatic carbocycles. The largest absolute Gasteiger partial charge is 0.486 e. The summed E-state index contributed by atoms with van der Waals surface area (Å²) in [5, 5.41) is 13.0. The molecule has 0 aliphatic carbocycles. The number of carbonyl (C=O) groups excluding carboxylic acids is 1. The van der Waals surface area contributed by atoms with E-state index in [2.05, 4.69) is 5.32 Å². The Bertz CT molecular complexity index is 520. The highest BCUT2D eigenvalue weighted by Gasteiger charge is 2.33. The highest BCUT2D eigenvalue weighted by Crippen LogP contribution is 2.34. The summed E-state index contributed by atoms with van der Waals surface area (Å²) < 4.78 is 11.0. The lowest BCUT2D eigenvalue weighted by molar-refractivity contribution is 0.0573. The van der Waals surface area contributed by atoms with Gasteiger partial charge in [-0.1, -0.05) is 6.07 Å². The summed E-state index contributed by atoms with van der Waals surface area (Å²) in [5.41, 5.74) is 0.476. The standard InChI is InChI=1S/C14H18N2O4/c1-16(10-7-15-8-11(10)17)14(18)9-3-2-4-12-13(9)20-6-5-19-12/h2-4,10-11,15,17H,5-8H2,1H3/t10-,11-/m1/s1. The van der Waals surface area contributed by atoms with Crippen LogP contribution < -0.4 is 14.8 Å². The van der Waals surface area contributed by atoms with Gasteiger partial charge in [-0.3, -0.25) is 4.79 Å². The summed E-state index contributed by atoms with van der Waals surface area (Å²) in [6.45, 7) is 2.03. The zero-order valence-corrected chi connectivity index (χ0v) is 11.3. The second-order valence-corrected chi connectivity index (χ2v) is 5.04. The van der Waals surface area contributed by atoms with Gasteiger partial charge in [0.15, 0.2) is 11.5 Å². The molecule has 0 unspecified atom stereocenters. The molecule has 6 heteroatoms. The maximum atomic E-state index is 12.6. The number of likely N-dealkylation sites (N-methyl/N-ethyl adjacent to an activating group) is 1. The summed E-state index contributed by atoms with van der Waals surface area (Å²) >= 11 is 0. The van der Waals surface area contributed by atoms with E-state index in [1.165, 1.54) is 0 Å². The minimum atomic E-state index is -0.541. The molecule has 2 N–H and O–H groups in total. The summed E-state index contributed by atoms with van der Waals surface area (Å²) in [6.07, 6.45) is -0.541. The van der Waals surface area contributed by atoms with Crippen molar-refractivity contribution < 1.29 is 19.4 Å². The number of carbonyl (C=O) groups is 1. The number of aliphatic hydroxyl groups excluding tert-OH is 1. The van der Waals surface area contributed by atoms with Gasteiger partial charge in [0.25, 0.3) is 5.91 Å². The number of rotatable bonds is 2. The van der Waals surface area contributed by atoms with Crippen LogP contribution in [0.2, 0.25) is 0 Å². The van der Waals surface area contributed by atoms with E-state index in [4.69, 9.17) is 9.47 Å². The monoisotopic (exact) mass is 278 g/mol. The molecule has 3 rings (SSSR count). The predicted octanol–water partition coefficient (Wildman–Crippen LogP) is -0.138. The molecule has 0 bridgehead atoms. The number of nitrogens with one attached hydrogen (secondary N) is 1. The zero-order chi connectivity index (χ0) is 14.1. The van der Waals surface area contributed by atoms with Crippen LogP contribution in [-0.4, -0.2) is 61.4 Å². The SMILES string of the molecule is CN(C(=O)c1cccc2c1OCCO2)[C@@H]1CNC[C@H]1O. The molecule has 1 aromatic rings. The van der Waals surface area contributed by atoms with E-state index in [9.17, 15) is 9.90 Å². The molecule has 1 saturated heterocycles. The number of hydrogen-bond donors (Lipinski definition) is 2. The van der Waals surface area contributed by atoms with Crippen LogP contribution in [0.5, 0.6) is 11.5 Å². The van der Waals surface area contributed by atoms with E-state index in [1.54, 1.807) is 30.1 Å². The predicted molar refractivity (Wildman–Crippen MR) is 72.2 cm³/mol. The fourth-order valence-electron chi connectivity index (χ4n) is 2.63. The van der Waals surface area contributed by atoms with E-state index in [0.717, 1.165) is 0 Å². The molecule has 6 nitrogen and oxygen atoms in total. The molecule has 0 saturated carbocycles. The second-order valence-electron chi connectivity index (χ2n) is 5.04. The average molecular weight is 278 g/mol. The molecular weight excluding hydrogens is 260 g/mol. The molecule has 0 aromatic heterocycles. The topological polar surface area (TPSA) is 71.0 Å². The molecule has 2 atom stereocenters. The van der Waals surface area contributed by atoms with Crippen LogP contribution in [0.15, 0.2) is 18.2 Å². The highest BCUT2D eigenvalue weighted by molar-refractivity contribution is 5.98. The first-order valence-electron chi connectivity index (χ1n) is 6.73. The van der Waals surface area contributed by atoms with Crippen molar-refractivity contribution in [2.24, 2.45) is 0 Å². The number of fused-ring (bicyclic) bond motifs is 1. The highest BCUT2D eigenvalue weighted by atomic mass is 16.6. The van der Waals surface area contributed by atoms with Crippen LogP contribution in [-0.2, 0) is 0 Å². The van der Waals surface area contributed by atoms with Gasteiger partial charge >= 0.3 is 0 Å². The number of amides is 1. The summed E-state index contributed by atoms with van der Waals surface area (Å²) in [4.78, 5) is 14.2. The first kappa shape index (κ1) is 13.2. The lowest BCUT2D eigenvalue weighted by Gasteiger charge is -2.28. The lowest BCUT2D eigenvalue weighted by atomic mass is 10.1. The van der Waals surface area contributed by atoms with Crippen LogP contribution in [0.3, 0.4) is 0 Å². The number of para-hydroxylation sites is 1. The summed E-state index contributed by atoms with van der Waals surface area (Å²) in [7, 11) is 1.70. The van der Waals surface area contributed by atoms with E-state index < -0.39 is 6.10 Å². The van der Waals surface area contributed by atoms with E-state index in [-0.39, 0.29) is 11.9 Å². The lowest BCUT2D eigenvalue weighted by Crippen LogP contribution is -2.44. The number of benzene rings is 1. The Morgan fingerprint density at radius 2 is 2.15 bits per heavy atom. The number of aliphatic hydroxyl groups is 1. The molecule has 2 aliphatic rings. The third-order valence-corrected chi connectivity index (χ3v) is 3.77. The molecule has 2 aliphatic heterocycles. The maximum absolute atomic E-state index is 12.6. The minimum absolute atomic E-state index is 0.167. The molecule has 108 valence electrons. The van der Waals surface area contributed by atoms with Gasteiger partial charge in [0.05, 0.1) is 17.7 Å². The maximum Gasteiger partial charge on any atom is 0.257 e. The fourth-order valence-corrected chi connectivity index (χ4v) is 2.63. The van der Waals surface area contributed by atoms with Crippen LogP contribution in [0.4, 0.5) is 0 Å². The molecular formula is C14H18N2O4.